The summed E-state index contributed by atoms with van der Waals surface area (Å²) in [6.07, 6.45) is -0.187. The summed E-state index contributed by atoms with van der Waals surface area (Å²) in [4.78, 5) is 26.5. The van der Waals surface area contributed by atoms with Crippen LogP contribution in [0.2, 0.25) is 0 Å². The number of carboxylic acid groups (broad SMARTS) is 1. The normalized spacial score (nSPS) is 20.3. The molecule has 0 aromatic rings. The average Bonchev–Trinajstić information content (AvgIpc) is 2.62. The van der Waals surface area contributed by atoms with Crippen LogP contribution in [0, 0.1) is 5.92 Å². The third-order valence-corrected chi connectivity index (χ3v) is 3.26. The molecule has 0 aliphatic carbocycles. The van der Waals surface area contributed by atoms with E-state index in [2.05, 4.69) is 0 Å². The number of hydrogen-bond acceptors (Lipinski definition) is 2. The van der Waals surface area contributed by atoms with Gasteiger partial charge in [0, 0.05) is 24.5 Å². The first-order valence-electron chi connectivity index (χ1n) is 6.45. The number of nitrogens with zero attached hydrogens (tertiary/aromatic N) is 2. The van der Waals surface area contributed by atoms with Gasteiger partial charge in [0.05, 0.1) is 6.04 Å². The summed E-state index contributed by atoms with van der Waals surface area (Å²) in [5, 5.41) is 9.33. The first kappa shape index (κ1) is 14.8. The first-order chi connectivity index (χ1) is 8.14. The Labute approximate surface area is 109 Å². The van der Waals surface area contributed by atoms with Crippen molar-refractivity contribution in [3.8, 4) is 0 Å². The van der Waals surface area contributed by atoms with Crippen molar-refractivity contribution in [1.29, 1.82) is 0 Å². The molecule has 1 aliphatic rings. The summed E-state index contributed by atoms with van der Waals surface area (Å²) >= 11 is 0. The highest BCUT2D eigenvalue weighted by Gasteiger charge is 2.38. The first-order valence-corrected chi connectivity index (χ1v) is 6.45. The summed E-state index contributed by atoms with van der Waals surface area (Å²) in [5.74, 6) is 0.0772. The van der Waals surface area contributed by atoms with Crippen LogP contribution >= 0.6 is 0 Å². The van der Waals surface area contributed by atoms with Crippen molar-refractivity contribution >= 4 is 12.0 Å². The number of likely N-dealkylation sites (tertiary alicyclic amines) is 1. The van der Waals surface area contributed by atoms with Gasteiger partial charge in [-0.05, 0) is 27.2 Å². The van der Waals surface area contributed by atoms with Gasteiger partial charge in [-0.15, -0.1) is 0 Å². The lowest BCUT2D eigenvalue weighted by molar-refractivity contribution is -0.133. The van der Waals surface area contributed by atoms with Crippen molar-refractivity contribution in [3.05, 3.63) is 0 Å². The van der Waals surface area contributed by atoms with E-state index in [1.165, 1.54) is 4.90 Å². The fourth-order valence-electron chi connectivity index (χ4n) is 2.51. The van der Waals surface area contributed by atoms with Crippen LogP contribution in [0.25, 0.3) is 0 Å². The molecule has 0 radical (unpaired) electrons. The lowest BCUT2D eigenvalue weighted by Gasteiger charge is -2.37. The Hall–Kier alpha value is -1.26. The lowest BCUT2D eigenvalue weighted by Crippen LogP contribution is -2.52. The summed E-state index contributed by atoms with van der Waals surface area (Å²) < 4.78 is 0. The molecule has 1 atom stereocenters. The standard InChI is InChI=1S/C13H24N2O3/c1-9(2)11(16)14-7-6-10(8-14)15(12(17)18)13(3,4)5/h9-10H,6-8H2,1-5H3,(H,17,18)/t10-/m1/s1. The van der Waals surface area contributed by atoms with Crippen LogP contribution in [0.4, 0.5) is 4.79 Å². The number of hydrogen-bond donors (Lipinski definition) is 1. The minimum Gasteiger partial charge on any atom is -0.465 e. The van der Waals surface area contributed by atoms with Crippen LogP contribution in [-0.4, -0.2) is 51.6 Å². The molecule has 1 fully saturated rings. The van der Waals surface area contributed by atoms with E-state index in [1.54, 1.807) is 4.90 Å². The van der Waals surface area contributed by atoms with Crippen LogP contribution in [0.15, 0.2) is 0 Å². The van der Waals surface area contributed by atoms with Gasteiger partial charge >= 0.3 is 6.09 Å². The van der Waals surface area contributed by atoms with Crippen molar-refractivity contribution in [2.24, 2.45) is 5.92 Å². The second kappa shape index (κ2) is 5.16. The molecule has 0 aromatic heterocycles. The third-order valence-electron chi connectivity index (χ3n) is 3.26. The van der Waals surface area contributed by atoms with Crippen molar-refractivity contribution in [2.75, 3.05) is 13.1 Å². The maximum Gasteiger partial charge on any atom is 0.408 e. The van der Waals surface area contributed by atoms with Gasteiger partial charge < -0.3 is 10.0 Å². The molecule has 1 N–H and O–H groups in total. The largest absolute Gasteiger partial charge is 0.465 e. The average molecular weight is 256 g/mol. The van der Waals surface area contributed by atoms with Crippen LogP contribution in [-0.2, 0) is 4.79 Å². The van der Waals surface area contributed by atoms with Crippen molar-refractivity contribution in [3.63, 3.8) is 0 Å². The topological polar surface area (TPSA) is 60.9 Å². The van der Waals surface area contributed by atoms with E-state index in [1.807, 2.05) is 34.6 Å². The molecule has 0 spiro atoms. The maximum absolute atomic E-state index is 11.9. The molecular weight excluding hydrogens is 232 g/mol. The molecular formula is C13H24N2O3. The number of rotatable bonds is 2. The molecule has 0 aromatic carbocycles. The summed E-state index contributed by atoms with van der Waals surface area (Å²) in [6, 6.07) is -0.0924. The Balaban J connectivity index is 2.76. The van der Waals surface area contributed by atoms with Crippen molar-refractivity contribution < 1.29 is 14.7 Å². The summed E-state index contributed by atoms with van der Waals surface area (Å²) in [5.41, 5.74) is -0.437. The maximum atomic E-state index is 11.9. The fraction of sp³-hybridized carbons (Fsp3) is 0.846. The molecule has 18 heavy (non-hydrogen) atoms. The molecule has 0 bridgehead atoms. The van der Waals surface area contributed by atoms with E-state index in [-0.39, 0.29) is 17.9 Å². The Morgan fingerprint density at radius 1 is 1.33 bits per heavy atom. The van der Waals surface area contributed by atoms with Gasteiger partial charge in [0.2, 0.25) is 5.91 Å². The fourth-order valence-corrected chi connectivity index (χ4v) is 2.51. The summed E-state index contributed by atoms with van der Waals surface area (Å²) in [7, 11) is 0. The smallest absolute Gasteiger partial charge is 0.408 e. The van der Waals surface area contributed by atoms with Gasteiger partial charge in [-0.1, -0.05) is 13.8 Å². The Kier molecular flexibility index (Phi) is 4.24. The molecule has 2 amide bonds. The van der Waals surface area contributed by atoms with Gasteiger partial charge in [-0.25, -0.2) is 4.79 Å². The third kappa shape index (κ3) is 3.15. The van der Waals surface area contributed by atoms with Gasteiger partial charge in [0.15, 0.2) is 0 Å². The predicted octanol–water partition coefficient (Wildman–Crippen LogP) is 2.02. The Morgan fingerprint density at radius 2 is 1.89 bits per heavy atom. The monoisotopic (exact) mass is 256 g/mol. The van der Waals surface area contributed by atoms with E-state index in [0.29, 0.717) is 13.1 Å². The van der Waals surface area contributed by atoms with E-state index < -0.39 is 11.6 Å². The molecule has 1 aliphatic heterocycles. The van der Waals surface area contributed by atoms with Crippen LogP contribution in [0.5, 0.6) is 0 Å². The molecule has 1 rings (SSSR count). The highest BCUT2D eigenvalue weighted by molar-refractivity contribution is 5.78. The van der Waals surface area contributed by atoms with Gasteiger partial charge in [0.1, 0.15) is 0 Å². The molecule has 5 nitrogen and oxygen atoms in total. The minimum absolute atomic E-state index is 0.0309. The van der Waals surface area contributed by atoms with E-state index >= 15 is 0 Å². The van der Waals surface area contributed by atoms with Crippen LogP contribution in [0.3, 0.4) is 0 Å². The number of carbonyl (C=O) groups is 2. The van der Waals surface area contributed by atoms with Crippen molar-refractivity contribution in [1.82, 2.24) is 9.80 Å². The van der Waals surface area contributed by atoms with Crippen LogP contribution in [0.1, 0.15) is 41.0 Å². The van der Waals surface area contributed by atoms with Crippen LogP contribution < -0.4 is 0 Å². The second-order valence-corrected chi connectivity index (χ2v) is 6.20. The van der Waals surface area contributed by atoms with Crippen molar-refractivity contribution in [2.45, 2.75) is 52.6 Å². The SMILES string of the molecule is CC(C)C(=O)N1CC[C@@H](N(C(=O)O)C(C)(C)C)C1. The predicted molar refractivity (Wildman–Crippen MR) is 69.4 cm³/mol. The molecule has 1 saturated heterocycles. The molecule has 0 saturated carbocycles. The zero-order valence-electron chi connectivity index (χ0n) is 11.9. The highest BCUT2D eigenvalue weighted by Crippen LogP contribution is 2.24. The van der Waals surface area contributed by atoms with Gasteiger partial charge in [0.25, 0.3) is 0 Å². The zero-order chi connectivity index (χ0) is 14.1. The number of carbonyl (C=O) groups excluding carboxylic acids is 1. The van der Waals surface area contributed by atoms with Gasteiger partial charge in [-0.3, -0.25) is 9.69 Å². The second-order valence-electron chi connectivity index (χ2n) is 6.20. The van der Waals surface area contributed by atoms with E-state index in [9.17, 15) is 14.7 Å². The Bertz CT molecular complexity index is 334. The number of amides is 2. The Morgan fingerprint density at radius 3 is 2.28 bits per heavy atom. The molecule has 104 valence electrons. The molecule has 5 heteroatoms. The van der Waals surface area contributed by atoms with E-state index in [0.717, 1.165) is 6.42 Å². The highest BCUT2D eigenvalue weighted by atomic mass is 16.4. The van der Waals surface area contributed by atoms with Gasteiger partial charge in [-0.2, -0.15) is 0 Å². The quantitative estimate of drug-likeness (QED) is 0.822. The summed E-state index contributed by atoms with van der Waals surface area (Å²) in [6.45, 7) is 10.6. The minimum atomic E-state index is -0.911. The van der Waals surface area contributed by atoms with E-state index in [4.69, 9.17) is 0 Å². The molecule has 1 heterocycles. The zero-order valence-corrected chi connectivity index (χ0v) is 11.9. The lowest BCUT2D eigenvalue weighted by atomic mass is 10.0. The molecule has 0 unspecified atom stereocenters.